The largest absolute Gasteiger partial charge is 2.00 e. The predicted molar refractivity (Wildman–Crippen MR) is 49.1 cm³/mol. The molecule has 0 aromatic heterocycles. The van der Waals surface area contributed by atoms with Crippen molar-refractivity contribution in [1.82, 2.24) is 0 Å². The third-order valence-electron chi connectivity index (χ3n) is 0. The zero-order chi connectivity index (χ0) is 9.15. The van der Waals surface area contributed by atoms with Gasteiger partial charge in [-0.2, -0.15) is 0 Å². The molecule has 13 nitrogen and oxygen atoms in total. The Balaban J connectivity index is -0.00000000726. The second-order valence-electron chi connectivity index (χ2n) is 0.447. The maximum absolute atomic E-state index is 8.25. The molecular formula is CH12CaN2O11. The minimum atomic E-state index is -1.75. The molecule has 0 saturated carbocycles. The van der Waals surface area contributed by atoms with E-state index in [0.717, 1.165) is 7.11 Å². The van der Waals surface area contributed by atoms with Crippen molar-refractivity contribution < 1.29 is 37.2 Å². The summed E-state index contributed by atoms with van der Waals surface area (Å²) in [6.45, 7) is 0. The molecule has 0 aromatic carbocycles. The molecule has 0 atom stereocenters. The van der Waals surface area contributed by atoms with Crippen LogP contribution in [0.3, 0.4) is 0 Å². The van der Waals surface area contributed by atoms with Crippen molar-refractivity contribution in [2.75, 3.05) is 7.11 Å². The first-order valence-corrected chi connectivity index (χ1v) is 1.54. The van der Waals surface area contributed by atoms with Crippen LogP contribution < -0.4 is 0 Å². The maximum Gasteiger partial charge on any atom is 2.00 e. The molecular weight excluding hydrogens is 256 g/mol. The first-order valence-electron chi connectivity index (χ1n) is 1.54. The van der Waals surface area contributed by atoms with Crippen LogP contribution in [0.4, 0.5) is 0 Å². The van der Waals surface area contributed by atoms with Crippen LogP contribution in [0.15, 0.2) is 0 Å². The Bertz CT molecular complexity index is 76.6. The summed E-state index contributed by atoms with van der Waals surface area (Å²) in [4.78, 5) is 16.5. The van der Waals surface area contributed by atoms with Crippen LogP contribution in [0, 0.1) is 30.6 Å². The predicted octanol–water partition coefficient (Wildman–Crippen LogP) is -4.55. The van der Waals surface area contributed by atoms with E-state index in [1.165, 1.54) is 0 Å². The summed E-state index contributed by atoms with van der Waals surface area (Å²) in [5, 5.41) is 36.5. The fraction of sp³-hybridized carbons (Fsp3) is 1.00. The summed E-state index contributed by atoms with van der Waals surface area (Å²) < 4.78 is 0. The molecule has 9 N–H and O–H groups in total. The topological polar surface area (TPSA) is 279 Å². The van der Waals surface area contributed by atoms with Gasteiger partial charge in [0.25, 0.3) is 0 Å². The molecule has 0 heterocycles. The van der Waals surface area contributed by atoms with E-state index in [9.17, 15) is 0 Å². The molecule has 0 aliphatic heterocycles. The normalized spacial score (nSPS) is 3.60. The van der Waals surface area contributed by atoms with Gasteiger partial charge in [-0.05, 0) is 0 Å². The van der Waals surface area contributed by atoms with Crippen LogP contribution >= 0.6 is 0 Å². The van der Waals surface area contributed by atoms with Crippen LogP contribution in [0.1, 0.15) is 0 Å². The number of aliphatic hydroxyl groups excluding tert-OH is 1. The molecule has 0 aromatic rings. The van der Waals surface area contributed by atoms with E-state index in [-0.39, 0.29) is 59.6 Å². The Morgan fingerprint density at radius 2 is 0.733 bits per heavy atom. The van der Waals surface area contributed by atoms with Gasteiger partial charge in [0.15, 0.2) is 0 Å². The third-order valence-corrected chi connectivity index (χ3v) is 0. The van der Waals surface area contributed by atoms with Gasteiger partial charge < -0.3 is 57.7 Å². The van der Waals surface area contributed by atoms with Gasteiger partial charge in [-0.15, -0.1) is 0 Å². The molecule has 0 spiro atoms. The van der Waals surface area contributed by atoms with Crippen molar-refractivity contribution in [2.24, 2.45) is 0 Å². The van der Waals surface area contributed by atoms with Crippen molar-refractivity contribution in [3.05, 3.63) is 30.6 Å². The Morgan fingerprint density at radius 3 is 0.733 bits per heavy atom. The molecule has 0 aliphatic carbocycles. The second-order valence-corrected chi connectivity index (χ2v) is 0.447. The Morgan fingerprint density at radius 1 is 0.733 bits per heavy atom. The number of hydrogen-bond donors (Lipinski definition) is 1. The van der Waals surface area contributed by atoms with Crippen LogP contribution in [0.25, 0.3) is 0 Å². The average Bonchev–Trinajstić information content (AvgIpc) is 1.66. The zero-order valence-electron chi connectivity index (χ0n) is 7.50. The number of nitrogens with zero attached hydrogens (tertiary/aromatic N) is 2. The molecule has 0 rings (SSSR count). The summed E-state index contributed by atoms with van der Waals surface area (Å²) >= 11 is 0. The fourth-order valence-corrected chi connectivity index (χ4v) is 0. The van der Waals surface area contributed by atoms with Crippen LogP contribution in [-0.4, -0.2) is 82.0 Å². The zero-order valence-corrected chi connectivity index (χ0v) is 9.71. The third kappa shape index (κ3) is 6060. The standard InChI is InChI=1S/CH4O.Ca.2NO3.4H2O/c1-2;;2*2-1(3)4;;;;/h2H,1H3;;;;4*1H2/q;+2;2*-1;;;;. The Labute approximate surface area is 112 Å². The number of hydrogen-bond acceptors (Lipinski definition) is 7. The Hall–Kier alpha value is -0.540. The number of rotatable bonds is 0. The van der Waals surface area contributed by atoms with Crippen LogP contribution in [-0.2, 0) is 0 Å². The molecule has 15 heavy (non-hydrogen) atoms. The molecule has 0 fully saturated rings. The van der Waals surface area contributed by atoms with E-state index in [2.05, 4.69) is 0 Å². The quantitative estimate of drug-likeness (QED) is 0.254. The van der Waals surface area contributed by atoms with Crippen molar-refractivity contribution in [3.8, 4) is 0 Å². The van der Waals surface area contributed by atoms with Gasteiger partial charge in [0.1, 0.15) is 0 Å². The summed E-state index contributed by atoms with van der Waals surface area (Å²) in [7, 11) is 1.00. The van der Waals surface area contributed by atoms with Crippen LogP contribution in [0.2, 0.25) is 0 Å². The van der Waals surface area contributed by atoms with Gasteiger partial charge >= 0.3 is 37.7 Å². The second kappa shape index (κ2) is 70.1. The molecule has 94 valence electrons. The molecule has 0 amide bonds. The van der Waals surface area contributed by atoms with E-state index in [4.69, 9.17) is 35.7 Å². The summed E-state index contributed by atoms with van der Waals surface area (Å²) in [5.41, 5.74) is 0. The SMILES string of the molecule is CO.O.O.O.O.O=[N+]([O-])[O-].O=[N+]([O-])[O-].[Ca+2]. The first kappa shape index (κ1) is 62.8. The summed E-state index contributed by atoms with van der Waals surface area (Å²) in [6, 6.07) is 0. The van der Waals surface area contributed by atoms with Crippen molar-refractivity contribution in [3.63, 3.8) is 0 Å². The fourth-order valence-electron chi connectivity index (χ4n) is 0. The minimum absolute atomic E-state index is 0. The maximum atomic E-state index is 8.25. The van der Waals surface area contributed by atoms with Crippen molar-refractivity contribution in [1.29, 1.82) is 0 Å². The van der Waals surface area contributed by atoms with Gasteiger partial charge in [0.05, 0.1) is 10.2 Å². The molecule has 0 radical (unpaired) electrons. The van der Waals surface area contributed by atoms with E-state index in [0.29, 0.717) is 0 Å². The number of aliphatic hydroxyl groups is 1. The molecule has 0 bridgehead atoms. The van der Waals surface area contributed by atoms with Gasteiger partial charge in [-0.3, -0.25) is 0 Å². The molecule has 14 heteroatoms. The van der Waals surface area contributed by atoms with E-state index in [1.54, 1.807) is 0 Å². The average molecular weight is 268 g/mol. The van der Waals surface area contributed by atoms with E-state index < -0.39 is 10.2 Å². The van der Waals surface area contributed by atoms with E-state index >= 15 is 0 Å². The van der Waals surface area contributed by atoms with Gasteiger partial charge in [0.2, 0.25) is 0 Å². The molecule has 0 unspecified atom stereocenters. The smallest absolute Gasteiger partial charge is 0.412 e. The van der Waals surface area contributed by atoms with E-state index in [1.807, 2.05) is 0 Å². The summed E-state index contributed by atoms with van der Waals surface area (Å²) in [5.74, 6) is 0. The molecule has 0 saturated heterocycles. The molecule has 0 aliphatic rings. The van der Waals surface area contributed by atoms with Gasteiger partial charge in [-0.25, -0.2) is 0 Å². The monoisotopic (exact) mass is 268 g/mol. The van der Waals surface area contributed by atoms with Crippen molar-refractivity contribution in [2.45, 2.75) is 0 Å². The van der Waals surface area contributed by atoms with Gasteiger partial charge in [0, 0.05) is 7.11 Å². The van der Waals surface area contributed by atoms with Gasteiger partial charge in [-0.1, -0.05) is 0 Å². The Kier molecular flexibility index (Phi) is 293. The van der Waals surface area contributed by atoms with Crippen LogP contribution in [0.5, 0.6) is 0 Å². The summed E-state index contributed by atoms with van der Waals surface area (Å²) in [6.07, 6.45) is 0. The van der Waals surface area contributed by atoms with Crippen molar-refractivity contribution >= 4 is 37.7 Å². The first-order chi connectivity index (χ1) is 4.46. The minimum Gasteiger partial charge on any atom is -0.412 e.